The molecule has 1 amide bonds. The summed E-state index contributed by atoms with van der Waals surface area (Å²) in [6.45, 7) is 2.96. The van der Waals surface area contributed by atoms with Crippen molar-refractivity contribution >= 4 is 5.91 Å². The topological polar surface area (TPSA) is 33.2 Å². The quantitative estimate of drug-likeness (QED) is 0.774. The van der Waals surface area contributed by atoms with E-state index in [2.05, 4.69) is 4.98 Å². The number of carbonyl (C=O) groups is 1. The first-order chi connectivity index (χ1) is 8.63. The van der Waals surface area contributed by atoms with Crippen LogP contribution in [-0.2, 0) is 0 Å². The predicted octanol–water partition coefficient (Wildman–Crippen LogP) is 2.62. The van der Waals surface area contributed by atoms with Crippen molar-refractivity contribution in [1.82, 2.24) is 9.88 Å². The third-order valence-corrected chi connectivity index (χ3v) is 3.45. The monoisotopic (exact) mass is 254 g/mol. The van der Waals surface area contributed by atoms with Gasteiger partial charge < -0.3 is 4.90 Å². The van der Waals surface area contributed by atoms with Crippen LogP contribution in [0.2, 0.25) is 0 Å². The number of hydrogen-bond donors (Lipinski definition) is 0. The van der Waals surface area contributed by atoms with E-state index >= 15 is 0 Å². The molecule has 5 heteroatoms. The Hall–Kier alpha value is -1.52. The molecule has 1 fully saturated rings. The van der Waals surface area contributed by atoms with Gasteiger partial charge in [0.25, 0.3) is 5.91 Å². The molecule has 1 aliphatic rings. The van der Waals surface area contributed by atoms with Crippen molar-refractivity contribution in [2.75, 3.05) is 13.1 Å². The summed E-state index contributed by atoms with van der Waals surface area (Å²) < 4.78 is 26.5. The highest BCUT2D eigenvalue weighted by molar-refractivity contribution is 5.94. The van der Waals surface area contributed by atoms with Gasteiger partial charge in [-0.25, -0.2) is 9.37 Å². The summed E-state index contributed by atoms with van der Waals surface area (Å²) >= 11 is 0. The van der Waals surface area contributed by atoms with E-state index in [1.54, 1.807) is 4.90 Å². The van der Waals surface area contributed by atoms with Crippen molar-refractivity contribution in [3.05, 3.63) is 29.6 Å². The fourth-order valence-electron chi connectivity index (χ4n) is 2.10. The highest BCUT2D eigenvalue weighted by atomic mass is 19.2. The lowest BCUT2D eigenvalue weighted by atomic mass is 9.85. The maximum atomic E-state index is 13.5. The second-order valence-corrected chi connectivity index (χ2v) is 4.60. The Kier molecular flexibility index (Phi) is 3.89. The molecule has 1 heterocycles. The summed E-state index contributed by atoms with van der Waals surface area (Å²) in [5.41, 5.74) is -0.233. The van der Waals surface area contributed by atoms with E-state index in [4.69, 9.17) is 0 Å². The van der Waals surface area contributed by atoms with Gasteiger partial charge in [0.05, 0.1) is 5.56 Å². The molecule has 1 aromatic heterocycles. The SMILES string of the molecule is CCN(CC1CCC1)C(=O)c1ccnc(F)c1F. The number of carbonyl (C=O) groups excluding carboxylic acids is 1. The molecule has 1 saturated carbocycles. The molecule has 3 nitrogen and oxygen atoms in total. The van der Waals surface area contributed by atoms with Gasteiger partial charge in [-0.15, -0.1) is 0 Å². The molecule has 0 atom stereocenters. The molecule has 2 rings (SSSR count). The predicted molar refractivity (Wildman–Crippen MR) is 63.1 cm³/mol. The van der Waals surface area contributed by atoms with Gasteiger partial charge in [-0.05, 0) is 31.7 Å². The lowest BCUT2D eigenvalue weighted by Crippen LogP contribution is -2.37. The molecule has 98 valence electrons. The summed E-state index contributed by atoms with van der Waals surface area (Å²) in [4.78, 5) is 16.9. The summed E-state index contributed by atoms with van der Waals surface area (Å²) in [5.74, 6) is -2.33. The maximum Gasteiger partial charge on any atom is 0.257 e. The first kappa shape index (κ1) is 12.9. The van der Waals surface area contributed by atoms with Crippen LogP contribution in [0.25, 0.3) is 0 Å². The minimum atomic E-state index is -1.22. The molecule has 1 aliphatic carbocycles. The average Bonchev–Trinajstić information content (AvgIpc) is 2.31. The molecule has 18 heavy (non-hydrogen) atoms. The Morgan fingerprint density at radius 2 is 2.22 bits per heavy atom. The number of pyridine rings is 1. The van der Waals surface area contributed by atoms with Crippen LogP contribution in [0.5, 0.6) is 0 Å². The maximum absolute atomic E-state index is 13.5. The van der Waals surface area contributed by atoms with E-state index in [0.29, 0.717) is 19.0 Å². The van der Waals surface area contributed by atoms with Crippen LogP contribution < -0.4 is 0 Å². The van der Waals surface area contributed by atoms with Crippen molar-refractivity contribution in [3.8, 4) is 0 Å². The lowest BCUT2D eigenvalue weighted by Gasteiger charge is -2.31. The van der Waals surface area contributed by atoms with Crippen LogP contribution in [0.15, 0.2) is 12.3 Å². The van der Waals surface area contributed by atoms with Gasteiger partial charge in [0.1, 0.15) is 0 Å². The van der Waals surface area contributed by atoms with E-state index < -0.39 is 17.7 Å². The number of halogens is 2. The molecule has 0 aliphatic heterocycles. The Bertz CT molecular complexity index is 447. The third-order valence-electron chi connectivity index (χ3n) is 3.45. The molecular weight excluding hydrogens is 238 g/mol. The van der Waals surface area contributed by atoms with E-state index in [-0.39, 0.29) is 5.56 Å². The zero-order chi connectivity index (χ0) is 13.1. The highest BCUT2D eigenvalue weighted by Gasteiger charge is 2.25. The summed E-state index contributed by atoms with van der Waals surface area (Å²) in [6, 6.07) is 1.23. The van der Waals surface area contributed by atoms with Gasteiger partial charge in [0.15, 0.2) is 5.82 Å². The molecule has 0 saturated heterocycles. The third kappa shape index (κ3) is 2.49. The number of aromatic nitrogens is 1. The molecule has 0 N–H and O–H groups in total. The summed E-state index contributed by atoms with van der Waals surface area (Å²) in [5, 5.41) is 0. The molecule has 0 bridgehead atoms. The molecule has 0 spiro atoms. The minimum Gasteiger partial charge on any atom is -0.339 e. The standard InChI is InChI=1S/C13H16F2N2O/c1-2-17(8-9-4-3-5-9)13(18)10-6-7-16-12(15)11(10)14/h6-7,9H,2-5,8H2,1H3. The fraction of sp³-hybridized carbons (Fsp3) is 0.538. The Morgan fingerprint density at radius 3 is 2.78 bits per heavy atom. The van der Waals surface area contributed by atoms with Crippen molar-refractivity contribution in [3.63, 3.8) is 0 Å². The van der Waals surface area contributed by atoms with Gasteiger partial charge in [0, 0.05) is 19.3 Å². The van der Waals surface area contributed by atoms with Crippen molar-refractivity contribution in [2.24, 2.45) is 5.92 Å². The van der Waals surface area contributed by atoms with Crippen LogP contribution in [0.4, 0.5) is 8.78 Å². The smallest absolute Gasteiger partial charge is 0.257 e. The van der Waals surface area contributed by atoms with Gasteiger partial charge in [-0.1, -0.05) is 6.42 Å². The van der Waals surface area contributed by atoms with Gasteiger partial charge >= 0.3 is 0 Å². The highest BCUT2D eigenvalue weighted by Crippen LogP contribution is 2.27. The van der Waals surface area contributed by atoms with E-state index in [0.717, 1.165) is 19.0 Å². The molecule has 0 radical (unpaired) electrons. The normalized spacial score (nSPS) is 15.3. The van der Waals surface area contributed by atoms with Crippen LogP contribution >= 0.6 is 0 Å². The number of amides is 1. The Labute approximate surface area is 105 Å². The summed E-state index contributed by atoms with van der Waals surface area (Å²) in [7, 11) is 0. The molecular formula is C13H16F2N2O. The number of nitrogens with zero attached hydrogens (tertiary/aromatic N) is 2. The zero-order valence-electron chi connectivity index (χ0n) is 10.3. The zero-order valence-corrected chi connectivity index (χ0v) is 10.3. The molecule has 1 aromatic rings. The van der Waals surface area contributed by atoms with Crippen molar-refractivity contribution < 1.29 is 13.6 Å². The van der Waals surface area contributed by atoms with Crippen LogP contribution in [0, 0.1) is 17.7 Å². The summed E-state index contributed by atoms with van der Waals surface area (Å²) in [6.07, 6.45) is 4.52. The van der Waals surface area contributed by atoms with Crippen molar-refractivity contribution in [1.29, 1.82) is 0 Å². The second kappa shape index (κ2) is 5.42. The minimum absolute atomic E-state index is 0.233. The first-order valence-electron chi connectivity index (χ1n) is 6.22. The van der Waals surface area contributed by atoms with Crippen molar-refractivity contribution in [2.45, 2.75) is 26.2 Å². The van der Waals surface area contributed by atoms with Crippen LogP contribution in [0.1, 0.15) is 36.5 Å². The van der Waals surface area contributed by atoms with Gasteiger partial charge in [-0.2, -0.15) is 4.39 Å². The van der Waals surface area contributed by atoms with Gasteiger partial charge in [-0.3, -0.25) is 4.79 Å². The van der Waals surface area contributed by atoms with Crippen LogP contribution in [-0.4, -0.2) is 28.9 Å². The van der Waals surface area contributed by atoms with E-state index in [9.17, 15) is 13.6 Å². The first-order valence-corrected chi connectivity index (χ1v) is 6.22. The number of hydrogen-bond acceptors (Lipinski definition) is 2. The average molecular weight is 254 g/mol. The molecule has 0 aromatic carbocycles. The number of rotatable bonds is 4. The lowest BCUT2D eigenvalue weighted by molar-refractivity contribution is 0.0700. The molecule has 0 unspecified atom stereocenters. The largest absolute Gasteiger partial charge is 0.339 e. The van der Waals surface area contributed by atoms with E-state index in [1.807, 2.05) is 6.92 Å². The van der Waals surface area contributed by atoms with Gasteiger partial charge in [0.2, 0.25) is 5.95 Å². The van der Waals surface area contributed by atoms with Crippen LogP contribution in [0.3, 0.4) is 0 Å². The Balaban J connectivity index is 2.14. The fourth-order valence-corrected chi connectivity index (χ4v) is 2.10. The Morgan fingerprint density at radius 1 is 1.50 bits per heavy atom. The van der Waals surface area contributed by atoms with E-state index in [1.165, 1.54) is 12.5 Å². The second-order valence-electron chi connectivity index (χ2n) is 4.60.